The van der Waals surface area contributed by atoms with E-state index in [0.717, 1.165) is 0 Å². The highest BCUT2D eigenvalue weighted by atomic mass is 16.5. The summed E-state index contributed by atoms with van der Waals surface area (Å²) in [7, 11) is 1.26. The zero-order chi connectivity index (χ0) is 15.2. The Bertz CT molecular complexity index is 732. The number of esters is 1. The number of anilines is 1. The molecular formula is C16H12N2O3. The second kappa shape index (κ2) is 6.35. The van der Waals surface area contributed by atoms with Gasteiger partial charge < -0.3 is 10.1 Å². The number of amides is 1. The molecule has 0 aromatic heterocycles. The van der Waals surface area contributed by atoms with Gasteiger partial charge in [0, 0.05) is 5.69 Å². The Balaban J connectivity index is 2.29. The van der Waals surface area contributed by atoms with Crippen LogP contribution in [0.2, 0.25) is 0 Å². The van der Waals surface area contributed by atoms with Gasteiger partial charge in [0.25, 0.3) is 5.91 Å². The van der Waals surface area contributed by atoms with Crippen LogP contribution in [0.3, 0.4) is 0 Å². The molecule has 5 heteroatoms. The van der Waals surface area contributed by atoms with Crippen molar-refractivity contribution in [3.05, 3.63) is 65.2 Å². The van der Waals surface area contributed by atoms with Gasteiger partial charge in [0.2, 0.25) is 0 Å². The molecule has 0 aliphatic carbocycles. The molecule has 1 amide bonds. The third-order valence-electron chi connectivity index (χ3n) is 2.83. The zero-order valence-electron chi connectivity index (χ0n) is 11.3. The summed E-state index contributed by atoms with van der Waals surface area (Å²) >= 11 is 0. The maximum absolute atomic E-state index is 12.3. The summed E-state index contributed by atoms with van der Waals surface area (Å²) in [5.41, 5.74) is 1.33. The summed E-state index contributed by atoms with van der Waals surface area (Å²) in [6, 6.07) is 14.9. The third kappa shape index (κ3) is 3.25. The van der Waals surface area contributed by atoms with Crippen LogP contribution in [0.4, 0.5) is 5.69 Å². The maximum atomic E-state index is 12.3. The Labute approximate surface area is 121 Å². The topological polar surface area (TPSA) is 79.2 Å². The van der Waals surface area contributed by atoms with Crippen LogP contribution in [0.5, 0.6) is 0 Å². The van der Waals surface area contributed by atoms with E-state index in [1.54, 1.807) is 36.4 Å². The molecule has 0 unspecified atom stereocenters. The number of nitriles is 1. The number of ether oxygens (including phenoxy) is 1. The van der Waals surface area contributed by atoms with Crippen molar-refractivity contribution in [3.8, 4) is 6.07 Å². The van der Waals surface area contributed by atoms with Gasteiger partial charge in [0.15, 0.2) is 0 Å². The van der Waals surface area contributed by atoms with E-state index in [1.165, 1.54) is 19.2 Å². The van der Waals surface area contributed by atoms with Crippen LogP contribution >= 0.6 is 0 Å². The van der Waals surface area contributed by atoms with Gasteiger partial charge in [-0.05, 0) is 30.3 Å². The Hall–Kier alpha value is -3.13. The molecule has 0 aliphatic rings. The number of hydrogen-bond acceptors (Lipinski definition) is 4. The SMILES string of the molecule is COC(=O)c1ccccc1C(=O)Nc1cccc(C#N)c1. The van der Waals surface area contributed by atoms with E-state index in [2.05, 4.69) is 10.1 Å². The Morgan fingerprint density at radius 2 is 1.81 bits per heavy atom. The smallest absolute Gasteiger partial charge is 0.338 e. The Morgan fingerprint density at radius 3 is 2.48 bits per heavy atom. The molecule has 0 fully saturated rings. The number of nitrogens with one attached hydrogen (secondary N) is 1. The fraction of sp³-hybridized carbons (Fsp3) is 0.0625. The van der Waals surface area contributed by atoms with Crippen LogP contribution in [-0.2, 0) is 4.74 Å². The van der Waals surface area contributed by atoms with Crippen molar-refractivity contribution in [2.45, 2.75) is 0 Å². The molecule has 0 saturated carbocycles. The number of benzene rings is 2. The van der Waals surface area contributed by atoms with Crippen molar-refractivity contribution in [2.75, 3.05) is 12.4 Å². The number of carbonyl (C=O) groups is 2. The highest BCUT2D eigenvalue weighted by Crippen LogP contribution is 2.15. The molecule has 2 aromatic carbocycles. The van der Waals surface area contributed by atoms with E-state index in [-0.39, 0.29) is 11.1 Å². The van der Waals surface area contributed by atoms with Gasteiger partial charge in [-0.15, -0.1) is 0 Å². The van der Waals surface area contributed by atoms with Gasteiger partial charge in [-0.3, -0.25) is 4.79 Å². The minimum atomic E-state index is -0.577. The van der Waals surface area contributed by atoms with Crippen LogP contribution in [0.25, 0.3) is 0 Å². The summed E-state index contributed by atoms with van der Waals surface area (Å²) in [6.07, 6.45) is 0. The number of nitrogens with zero attached hydrogens (tertiary/aromatic N) is 1. The summed E-state index contributed by atoms with van der Waals surface area (Å²) in [6.45, 7) is 0. The summed E-state index contributed by atoms with van der Waals surface area (Å²) in [5, 5.41) is 11.5. The molecule has 2 aromatic rings. The standard InChI is InChI=1S/C16H12N2O3/c1-21-16(20)14-8-3-2-7-13(14)15(19)18-12-6-4-5-11(9-12)10-17/h2-9H,1H3,(H,18,19). The molecule has 21 heavy (non-hydrogen) atoms. The molecule has 0 bridgehead atoms. The van der Waals surface area contributed by atoms with Crippen LogP contribution in [-0.4, -0.2) is 19.0 Å². The van der Waals surface area contributed by atoms with Crippen molar-refractivity contribution < 1.29 is 14.3 Å². The average molecular weight is 280 g/mol. The first-order chi connectivity index (χ1) is 10.2. The molecule has 0 aliphatic heterocycles. The monoisotopic (exact) mass is 280 g/mol. The lowest BCUT2D eigenvalue weighted by molar-refractivity contribution is 0.0597. The van der Waals surface area contributed by atoms with Crippen molar-refractivity contribution in [3.63, 3.8) is 0 Å². The van der Waals surface area contributed by atoms with E-state index in [4.69, 9.17) is 5.26 Å². The highest BCUT2D eigenvalue weighted by Gasteiger charge is 2.17. The number of rotatable bonds is 3. The first kappa shape index (κ1) is 14.3. The van der Waals surface area contributed by atoms with E-state index in [9.17, 15) is 9.59 Å². The quantitative estimate of drug-likeness (QED) is 0.876. The van der Waals surface area contributed by atoms with Crippen LogP contribution in [0.15, 0.2) is 48.5 Å². The van der Waals surface area contributed by atoms with E-state index < -0.39 is 11.9 Å². The molecule has 0 atom stereocenters. The minimum absolute atomic E-state index is 0.189. The number of hydrogen-bond donors (Lipinski definition) is 1. The predicted octanol–water partition coefficient (Wildman–Crippen LogP) is 2.60. The first-order valence-electron chi connectivity index (χ1n) is 6.14. The Kier molecular flexibility index (Phi) is 4.32. The van der Waals surface area contributed by atoms with Crippen LogP contribution in [0.1, 0.15) is 26.3 Å². The lowest BCUT2D eigenvalue weighted by Crippen LogP contribution is -2.17. The van der Waals surface area contributed by atoms with Crippen molar-refractivity contribution in [1.29, 1.82) is 5.26 Å². The van der Waals surface area contributed by atoms with Gasteiger partial charge >= 0.3 is 5.97 Å². The molecule has 0 radical (unpaired) electrons. The molecule has 0 saturated heterocycles. The van der Waals surface area contributed by atoms with Gasteiger partial charge in [0.1, 0.15) is 0 Å². The van der Waals surface area contributed by atoms with Crippen molar-refractivity contribution >= 4 is 17.6 Å². The first-order valence-corrected chi connectivity index (χ1v) is 6.14. The lowest BCUT2D eigenvalue weighted by Gasteiger charge is -2.09. The second-order valence-electron chi connectivity index (χ2n) is 4.18. The molecule has 5 nitrogen and oxygen atoms in total. The van der Waals surface area contributed by atoms with Gasteiger partial charge in [-0.1, -0.05) is 18.2 Å². The second-order valence-corrected chi connectivity index (χ2v) is 4.18. The van der Waals surface area contributed by atoms with Crippen LogP contribution < -0.4 is 5.32 Å². The van der Waals surface area contributed by atoms with E-state index in [0.29, 0.717) is 11.3 Å². The van der Waals surface area contributed by atoms with Crippen LogP contribution in [0, 0.1) is 11.3 Å². The van der Waals surface area contributed by atoms with Crippen molar-refractivity contribution in [2.24, 2.45) is 0 Å². The van der Waals surface area contributed by atoms with Gasteiger partial charge in [-0.25, -0.2) is 4.79 Å². The minimum Gasteiger partial charge on any atom is -0.465 e. The zero-order valence-corrected chi connectivity index (χ0v) is 11.3. The molecule has 0 heterocycles. The maximum Gasteiger partial charge on any atom is 0.338 e. The number of carbonyl (C=O) groups excluding carboxylic acids is 2. The Morgan fingerprint density at radius 1 is 1.10 bits per heavy atom. The van der Waals surface area contributed by atoms with Gasteiger partial charge in [-0.2, -0.15) is 5.26 Å². The summed E-state index contributed by atoms with van der Waals surface area (Å²) in [5.74, 6) is -1.02. The molecule has 104 valence electrons. The molecule has 0 spiro atoms. The average Bonchev–Trinajstić information content (AvgIpc) is 2.54. The highest BCUT2D eigenvalue weighted by molar-refractivity contribution is 6.11. The number of methoxy groups -OCH3 is 1. The van der Waals surface area contributed by atoms with Gasteiger partial charge in [0.05, 0.1) is 29.9 Å². The normalized spacial score (nSPS) is 9.52. The predicted molar refractivity (Wildman–Crippen MR) is 76.9 cm³/mol. The largest absolute Gasteiger partial charge is 0.465 e. The molecular weight excluding hydrogens is 268 g/mol. The van der Waals surface area contributed by atoms with E-state index >= 15 is 0 Å². The fourth-order valence-corrected chi connectivity index (χ4v) is 1.83. The summed E-state index contributed by atoms with van der Waals surface area (Å²) < 4.78 is 4.65. The van der Waals surface area contributed by atoms with Crippen molar-refractivity contribution in [1.82, 2.24) is 0 Å². The fourth-order valence-electron chi connectivity index (χ4n) is 1.83. The third-order valence-corrected chi connectivity index (χ3v) is 2.83. The summed E-state index contributed by atoms with van der Waals surface area (Å²) in [4.78, 5) is 23.9. The van der Waals surface area contributed by atoms with E-state index in [1.807, 2.05) is 6.07 Å². The molecule has 1 N–H and O–H groups in total. The lowest BCUT2D eigenvalue weighted by atomic mass is 10.1. The molecule has 2 rings (SSSR count).